The van der Waals surface area contributed by atoms with E-state index in [2.05, 4.69) is 18.8 Å². The molecule has 2 nitrogen and oxygen atoms in total. The first kappa shape index (κ1) is 8.68. The van der Waals surface area contributed by atoms with Crippen LogP contribution in [0, 0.1) is 5.41 Å². The summed E-state index contributed by atoms with van der Waals surface area (Å²) >= 11 is 1.70. The first-order valence-electron chi connectivity index (χ1n) is 3.71. The van der Waals surface area contributed by atoms with Crippen LogP contribution in [0.2, 0.25) is 0 Å². The highest BCUT2D eigenvalue weighted by atomic mass is 32.1. The van der Waals surface area contributed by atoms with Crippen molar-refractivity contribution >= 4 is 11.3 Å². The standard InChI is InChI=1S/C8H14N2S/c1-8(2,5-9)3-7-4-10-6-11-7/h4,6H,3,5,9H2,1-2H3. The Balaban J connectivity index is 2.56. The lowest BCUT2D eigenvalue weighted by atomic mass is 9.89. The maximum Gasteiger partial charge on any atom is 0.0794 e. The minimum atomic E-state index is 0.215. The van der Waals surface area contributed by atoms with Crippen molar-refractivity contribution < 1.29 is 0 Å². The van der Waals surface area contributed by atoms with Gasteiger partial charge in [0, 0.05) is 11.1 Å². The predicted molar refractivity (Wildman–Crippen MR) is 48.7 cm³/mol. The average Bonchev–Trinajstić information content (AvgIpc) is 2.39. The van der Waals surface area contributed by atoms with Crippen molar-refractivity contribution in [3.05, 3.63) is 16.6 Å². The van der Waals surface area contributed by atoms with Gasteiger partial charge in [0.25, 0.3) is 0 Å². The zero-order valence-corrected chi connectivity index (χ0v) is 7.82. The van der Waals surface area contributed by atoms with E-state index in [1.54, 1.807) is 11.3 Å². The molecule has 0 radical (unpaired) electrons. The maximum absolute atomic E-state index is 5.61. The molecule has 11 heavy (non-hydrogen) atoms. The number of nitrogens with two attached hydrogens (primary N) is 1. The van der Waals surface area contributed by atoms with E-state index >= 15 is 0 Å². The molecular weight excluding hydrogens is 156 g/mol. The van der Waals surface area contributed by atoms with Gasteiger partial charge < -0.3 is 5.73 Å². The van der Waals surface area contributed by atoms with Crippen molar-refractivity contribution in [2.45, 2.75) is 20.3 Å². The summed E-state index contributed by atoms with van der Waals surface area (Å²) in [5.74, 6) is 0. The number of aromatic nitrogens is 1. The Morgan fingerprint density at radius 2 is 2.36 bits per heavy atom. The third-order valence-electron chi connectivity index (χ3n) is 1.69. The number of nitrogens with zero attached hydrogens (tertiary/aromatic N) is 1. The molecule has 62 valence electrons. The fourth-order valence-corrected chi connectivity index (χ4v) is 1.73. The normalized spacial score (nSPS) is 11.9. The largest absolute Gasteiger partial charge is 0.330 e. The summed E-state index contributed by atoms with van der Waals surface area (Å²) in [6.07, 6.45) is 2.95. The van der Waals surface area contributed by atoms with E-state index < -0.39 is 0 Å². The quantitative estimate of drug-likeness (QED) is 0.749. The second-order valence-corrected chi connectivity index (χ2v) is 4.48. The smallest absolute Gasteiger partial charge is 0.0794 e. The lowest BCUT2D eigenvalue weighted by molar-refractivity contribution is 0.379. The van der Waals surface area contributed by atoms with Crippen LogP contribution in [-0.4, -0.2) is 11.5 Å². The van der Waals surface area contributed by atoms with Crippen molar-refractivity contribution in [3.8, 4) is 0 Å². The van der Waals surface area contributed by atoms with Crippen LogP contribution in [-0.2, 0) is 6.42 Å². The molecular formula is C8H14N2S. The summed E-state index contributed by atoms with van der Waals surface area (Å²) in [7, 11) is 0. The summed E-state index contributed by atoms with van der Waals surface area (Å²) < 4.78 is 0. The van der Waals surface area contributed by atoms with Gasteiger partial charge in [-0.25, -0.2) is 0 Å². The molecule has 0 amide bonds. The van der Waals surface area contributed by atoms with Gasteiger partial charge in [0.2, 0.25) is 0 Å². The molecule has 1 rings (SSSR count). The summed E-state index contributed by atoms with van der Waals surface area (Å²) in [4.78, 5) is 5.34. The van der Waals surface area contributed by atoms with Crippen molar-refractivity contribution in [2.24, 2.45) is 11.1 Å². The van der Waals surface area contributed by atoms with Crippen molar-refractivity contribution in [2.75, 3.05) is 6.54 Å². The van der Waals surface area contributed by atoms with E-state index in [-0.39, 0.29) is 5.41 Å². The highest BCUT2D eigenvalue weighted by Crippen LogP contribution is 2.21. The number of hydrogen-bond donors (Lipinski definition) is 1. The fourth-order valence-electron chi connectivity index (χ4n) is 0.873. The van der Waals surface area contributed by atoms with Crippen molar-refractivity contribution in [1.82, 2.24) is 4.98 Å². The molecule has 0 aliphatic carbocycles. The van der Waals surface area contributed by atoms with Gasteiger partial charge in [-0.1, -0.05) is 13.8 Å². The number of thiazole rings is 1. The molecule has 1 heterocycles. The van der Waals surface area contributed by atoms with Gasteiger partial charge in [-0.3, -0.25) is 4.98 Å². The highest BCUT2D eigenvalue weighted by Gasteiger charge is 2.16. The molecule has 2 N–H and O–H groups in total. The second-order valence-electron chi connectivity index (χ2n) is 3.51. The second kappa shape index (κ2) is 3.32. The van der Waals surface area contributed by atoms with Crippen LogP contribution in [0.15, 0.2) is 11.7 Å². The first-order valence-corrected chi connectivity index (χ1v) is 4.59. The topological polar surface area (TPSA) is 38.9 Å². The third-order valence-corrected chi connectivity index (χ3v) is 2.47. The van der Waals surface area contributed by atoms with Gasteiger partial charge in [0.1, 0.15) is 0 Å². The Labute approximate surface area is 71.5 Å². The first-order chi connectivity index (χ1) is 5.14. The van der Waals surface area contributed by atoms with E-state index in [1.807, 2.05) is 11.7 Å². The van der Waals surface area contributed by atoms with Gasteiger partial charge in [0.05, 0.1) is 5.51 Å². The van der Waals surface area contributed by atoms with Gasteiger partial charge >= 0.3 is 0 Å². The van der Waals surface area contributed by atoms with Crippen LogP contribution in [0.5, 0.6) is 0 Å². The zero-order chi connectivity index (χ0) is 8.32. The monoisotopic (exact) mass is 170 g/mol. The Kier molecular flexibility index (Phi) is 2.62. The maximum atomic E-state index is 5.61. The van der Waals surface area contributed by atoms with Crippen LogP contribution in [0.4, 0.5) is 0 Å². The lowest BCUT2D eigenvalue weighted by Crippen LogP contribution is -2.25. The SMILES string of the molecule is CC(C)(CN)Cc1cncs1. The van der Waals surface area contributed by atoms with Crippen LogP contribution in [0.25, 0.3) is 0 Å². The molecule has 0 aromatic carbocycles. The lowest BCUT2D eigenvalue weighted by Gasteiger charge is -2.20. The van der Waals surface area contributed by atoms with E-state index in [0.717, 1.165) is 13.0 Å². The van der Waals surface area contributed by atoms with Gasteiger partial charge in [-0.15, -0.1) is 11.3 Å². The van der Waals surface area contributed by atoms with E-state index in [1.165, 1.54) is 4.88 Å². The van der Waals surface area contributed by atoms with Gasteiger partial charge in [-0.05, 0) is 18.4 Å². The zero-order valence-electron chi connectivity index (χ0n) is 7.00. The highest BCUT2D eigenvalue weighted by molar-refractivity contribution is 7.09. The Hall–Kier alpha value is -0.410. The molecule has 0 saturated heterocycles. The Bertz CT molecular complexity index is 204. The molecule has 0 bridgehead atoms. The predicted octanol–water partition coefficient (Wildman–Crippen LogP) is 1.67. The molecule has 3 heteroatoms. The minimum absolute atomic E-state index is 0.215. The summed E-state index contributed by atoms with van der Waals surface area (Å²) in [6, 6.07) is 0. The van der Waals surface area contributed by atoms with Crippen LogP contribution in [0.1, 0.15) is 18.7 Å². The molecule has 0 unspecified atom stereocenters. The summed E-state index contributed by atoms with van der Waals surface area (Å²) in [5, 5.41) is 0. The molecule has 0 aliphatic heterocycles. The molecule has 0 atom stereocenters. The van der Waals surface area contributed by atoms with Crippen LogP contribution >= 0.6 is 11.3 Å². The van der Waals surface area contributed by atoms with Gasteiger partial charge in [0.15, 0.2) is 0 Å². The minimum Gasteiger partial charge on any atom is -0.330 e. The third kappa shape index (κ3) is 2.60. The van der Waals surface area contributed by atoms with Crippen LogP contribution in [0.3, 0.4) is 0 Å². The van der Waals surface area contributed by atoms with E-state index in [4.69, 9.17) is 5.73 Å². The molecule has 0 fully saturated rings. The molecule has 1 aromatic heterocycles. The number of rotatable bonds is 3. The molecule has 1 aromatic rings. The van der Waals surface area contributed by atoms with Crippen molar-refractivity contribution in [3.63, 3.8) is 0 Å². The summed E-state index contributed by atoms with van der Waals surface area (Å²) in [5.41, 5.74) is 7.68. The average molecular weight is 170 g/mol. The van der Waals surface area contributed by atoms with Gasteiger partial charge in [-0.2, -0.15) is 0 Å². The molecule has 0 saturated carbocycles. The van der Waals surface area contributed by atoms with Crippen LogP contribution < -0.4 is 5.73 Å². The number of hydrogen-bond acceptors (Lipinski definition) is 3. The fraction of sp³-hybridized carbons (Fsp3) is 0.625. The Morgan fingerprint density at radius 3 is 2.82 bits per heavy atom. The Morgan fingerprint density at radius 1 is 1.64 bits per heavy atom. The van der Waals surface area contributed by atoms with E-state index in [0.29, 0.717) is 0 Å². The van der Waals surface area contributed by atoms with E-state index in [9.17, 15) is 0 Å². The molecule has 0 aliphatic rings. The van der Waals surface area contributed by atoms with Crippen molar-refractivity contribution in [1.29, 1.82) is 0 Å². The molecule has 0 spiro atoms. The summed E-state index contributed by atoms with van der Waals surface area (Å²) in [6.45, 7) is 5.07.